The van der Waals surface area contributed by atoms with E-state index in [1.807, 2.05) is 30.3 Å². The van der Waals surface area contributed by atoms with Gasteiger partial charge in [0.1, 0.15) is 5.75 Å². The van der Waals surface area contributed by atoms with Gasteiger partial charge in [0.25, 0.3) is 0 Å². The van der Waals surface area contributed by atoms with Crippen molar-refractivity contribution in [1.82, 2.24) is 15.0 Å². The van der Waals surface area contributed by atoms with E-state index < -0.39 is 0 Å². The average Bonchev–Trinajstić information content (AvgIpc) is 2.93. The van der Waals surface area contributed by atoms with Gasteiger partial charge in [-0.2, -0.15) is 4.98 Å². The molecule has 5 nitrogen and oxygen atoms in total. The van der Waals surface area contributed by atoms with Gasteiger partial charge in [-0.25, -0.2) is 0 Å². The fourth-order valence-electron chi connectivity index (χ4n) is 1.98. The standard InChI is InChI=1S/C17H25N3O2/c1-17(2,3)16-18-15(19-22-16)13-20(4)11-8-12-21-14-9-6-5-7-10-14/h5-7,9-10H,8,11-13H2,1-4H3. The first-order valence-corrected chi connectivity index (χ1v) is 7.64. The molecule has 0 aliphatic carbocycles. The average molecular weight is 303 g/mol. The Hall–Kier alpha value is -1.88. The molecule has 0 aliphatic rings. The fraction of sp³-hybridized carbons (Fsp3) is 0.529. The highest BCUT2D eigenvalue weighted by Gasteiger charge is 2.21. The summed E-state index contributed by atoms with van der Waals surface area (Å²) in [6.07, 6.45) is 0.954. The Morgan fingerprint density at radius 2 is 1.91 bits per heavy atom. The molecule has 22 heavy (non-hydrogen) atoms. The molecule has 2 aromatic rings. The van der Waals surface area contributed by atoms with Crippen LogP contribution in [0, 0.1) is 0 Å². The largest absolute Gasteiger partial charge is 0.494 e. The van der Waals surface area contributed by atoms with E-state index in [1.165, 1.54) is 0 Å². The van der Waals surface area contributed by atoms with E-state index in [9.17, 15) is 0 Å². The van der Waals surface area contributed by atoms with Crippen molar-refractivity contribution in [3.8, 4) is 5.75 Å². The van der Waals surface area contributed by atoms with Gasteiger partial charge in [0.15, 0.2) is 5.82 Å². The van der Waals surface area contributed by atoms with Gasteiger partial charge in [-0.3, -0.25) is 4.90 Å². The summed E-state index contributed by atoms with van der Waals surface area (Å²) in [4.78, 5) is 6.62. The SMILES string of the molecule is CN(CCCOc1ccccc1)Cc1noc(C(C)(C)C)n1. The molecule has 0 radical (unpaired) electrons. The number of aromatic nitrogens is 2. The van der Waals surface area contributed by atoms with Gasteiger partial charge < -0.3 is 9.26 Å². The first-order chi connectivity index (χ1) is 10.4. The molecule has 120 valence electrons. The monoisotopic (exact) mass is 303 g/mol. The first kappa shape index (κ1) is 16.5. The topological polar surface area (TPSA) is 51.4 Å². The van der Waals surface area contributed by atoms with E-state index in [2.05, 4.69) is 42.9 Å². The minimum Gasteiger partial charge on any atom is -0.494 e. The zero-order valence-electron chi connectivity index (χ0n) is 13.9. The minimum absolute atomic E-state index is 0.104. The molecule has 1 aromatic heterocycles. The van der Waals surface area contributed by atoms with Crippen molar-refractivity contribution >= 4 is 0 Å². The van der Waals surface area contributed by atoms with Gasteiger partial charge in [0.2, 0.25) is 5.89 Å². The lowest BCUT2D eigenvalue weighted by atomic mass is 9.97. The summed E-state index contributed by atoms with van der Waals surface area (Å²) in [7, 11) is 2.05. The van der Waals surface area contributed by atoms with Crippen LogP contribution in [0.2, 0.25) is 0 Å². The van der Waals surface area contributed by atoms with Crippen LogP contribution < -0.4 is 4.74 Å². The Morgan fingerprint density at radius 1 is 1.18 bits per heavy atom. The Kier molecular flexibility index (Phi) is 5.55. The fourth-order valence-corrected chi connectivity index (χ4v) is 1.98. The molecule has 1 aromatic carbocycles. The summed E-state index contributed by atoms with van der Waals surface area (Å²) in [6, 6.07) is 9.88. The molecule has 5 heteroatoms. The van der Waals surface area contributed by atoms with Crippen LogP contribution in [0.4, 0.5) is 0 Å². The van der Waals surface area contributed by atoms with Crippen LogP contribution in [-0.2, 0) is 12.0 Å². The maximum atomic E-state index is 5.68. The molecule has 0 spiro atoms. The van der Waals surface area contributed by atoms with Crippen molar-refractivity contribution in [1.29, 1.82) is 0 Å². The van der Waals surface area contributed by atoms with E-state index in [-0.39, 0.29) is 5.41 Å². The van der Waals surface area contributed by atoms with Gasteiger partial charge in [-0.1, -0.05) is 44.1 Å². The second kappa shape index (κ2) is 7.40. The summed E-state index contributed by atoms with van der Waals surface area (Å²) < 4.78 is 11.0. The Balaban J connectivity index is 1.69. The van der Waals surface area contributed by atoms with Crippen molar-refractivity contribution in [2.45, 2.75) is 39.2 Å². The molecular weight excluding hydrogens is 278 g/mol. The predicted molar refractivity (Wildman–Crippen MR) is 85.9 cm³/mol. The number of hydrogen-bond acceptors (Lipinski definition) is 5. The van der Waals surface area contributed by atoms with Crippen LogP contribution in [0.25, 0.3) is 0 Å². The quantitative estimate of drug-likeness (QED) is 0.735. The van der Waals surface area contributed by atoms with E-state index in [4.69, 9.17) is 9.26 Å². The maximum Gasteiger partial charge on any atom is 0.232 e. The Morgan fingerprint density at radius 3 is 2.55 bits per heavy atom. The lowest BCUT2D eigenvalue weighted by molar-refractivity contribution is 0.252. The van der Waals surface area contributed by atoms with E-state index in [0.29, 0.717) is 19.0 Å². The van der Waals surface area contributed by atoms with Crippen molar-refractivity contribution in [2.75, 3.05) is 20.2 Å². The molecular formula is C17H25N3O2. The molecule has 0 unspecified atom stereocenters. The van der Waals surface area contributed by atoms with Crippen LogP contribution >= 0.6 is 0 Å². The van der Waals surface area contributed by atoms with Crippen molar-refractivity contribution in [3.05, 3.63) is 42.0 Å². The van der Waals surface area contributed by atoms with Gasteiger partial charge >= 0.3 is 0 Å². The minimum atomic E-state index is -0.104. The van der Waals surface area contributed by atoms with Gasteiger partial charge in [-0.15, -0.1) is 0 Å². The Labute approximate surface area is 132 Å². The smallest absolute Gasteiger partial charge is 0.232 e. The summed E-state index contributed by atoms with van der Waals surface area (Å²) >= 11 is 0. The molecule has 0 bridgehead atoms. The van der Waals surface area contributed by atoms with Gasteiger partial charge in [-0.05, 0) is 25.6 Å². The van der Waals surface area contributed by atoms with Crippen LogP contribution in [0.15, 0.2) is 34.9 Å². The second-order valence-corrected chi connectivity index (χ2v) is 6.52. The molecule has 0 aliphatic heterocycles. The number of rotatable bonds is 7. The van der Waals surface area contributed by atoms with Gasteiger partial charge in [0, 0.05) is 12.0 Å². The van der Waals surface area contributed by atoms with Crippen molar-refractivity contribution in [3.63, 3.8) is 0 Å². The zero-order chi connectivity index (χ0) is 16.0. The molecule has 0 atom stereocenters. The first-order valence-electron chi connectivity index (χ1n) is 7.64. The normalized spacial score (nSPS) is 11.9. The lowest BCUT2D eigenvalue weighted by Crippen LogP contribution is -2.21. The number of benzene rings is 1. The third-order valence-corrected chi connectivity index (χ3v) is 3.22. The zero-order valence-corrected chi connectivity index (χ0v) is 13.9. The third kappa shape index (κ3) is 5.15. The van der Waals surface area contributed by atoms with Crippen LogP contribution in [0.1, 0.15) is 38.9 Å². The van der Waals surface area contributed by atoms with Crippen LogP contribution in [0.5, 0.6) is 5.75 Å². The second-order valence-electron chi connectivity index (χ2n) is 6.52. The van der Waals surface area contributed by atoms with Gasteiger partial charge in [0.05, 0.1) is 13.2 Å². The van der Waals surface area contributed by atoms with Crippen LogP contribution in [0.3, 0.4) is 0 Å². The lowest BCUT2D eigenvalue weighted by Gasteiger charge is -2.14. The maximum absolute atomic E-state index is 5.68. The summed E-state index contributed by atoms with van der Waals surface area (Å²) in [5.41, 5.74) is -0.104. The molecule has 0 fully saturated rings. The van der Waals surface area contributed by atoms with Crippen molar-refractivity contribution in [2.24, 2.45) is 0 Å². The number of nitrogens with zero attached hydrogens (tertiary/aromatic N) is 3. The summed E-state index contributed by atoms with van der Waals surface area (Å²) in [5, 5.41) is 4.04. The highest BCUT2D eigenvalue weighted by atomic mass is 16.5. The van der Waals surface area contributed by atoms with Crippen molar-refractivity contribution < 1.29 is 9.26 Å². The summed E-state index contributed by atoms with van der Waals surface area (Å²) in [5.74, 6) is 2.33. The van der Waals surface area contributed by atoms with E-state index >= 15 is 0 Å². The number of ether oxygens (including phenoxy) is 1. The molecule has 0 saturated carbocycles. The molecule has 1 heterocycles. The number of hydrogen-bond donors (Lipinski definition) is 0. The molecule has 0 saturated heterocycles. The molecule has 2 rings (SSSR count). The summed E-state index contributed by atoms with van der Waals surface area (Å²) in [6.45, 7) is 8.50. The molecule has 0 N–H and O–H groups in total. The third-order valence-electron chi connectivity index (χ3n) is 3.22. The highest BCUT2D eigenvalue weighted by Crippen LogP contribution is 2.19. The van der Waals surface area contributed by atoms with E-state index in [1.54, 1.807) is 0 Å². The highest BCUT2D eigenvalue weighted by molar-refractivity contribution is 5.20. The predicted octanol–water partition coefficient (Wildman–Crippen LogP) is 3.27. The van der Waals surface area contributed by atoms with Crippen LogP contribution in [-0.4, -0.2) is 35.2 Å². The Bertz CT molecular complexity index is 561. The number of para-hydroxylation sites is 1. The molecule has 0 amide bonds. The van der Waals surface area contributed by atoms with E-state index in [0.717, 1.165) is 24.5 Å².